The summed E-state index contributed by atoms with van der Waals surface area (Å²) in [6.07, 6.45) is 1.87. The lowest BCUT2D eigenvalue weighted by atomic mass is 10.0. The average molecular weight is 404 g/mol. The van der Waals surface area contributed by atoms with Crippen LogP contribution < -0.4 is 0 Å². The number of pyridine rings is 1. The first-order chi connectivity index (χ1) is 14.3. The van der Waals surface area contributed by atoms with E-state index >= 15 is 0 Å². The highest BCUT2D eigenvalue weighted by Gasteiger charge is 2.42. The molecule has 0 saturated carbocycles. The Morgan fingerprint density at radius 2 is 2.13 bits per heavy atom. The topological polar surface area (TPSA) is 97.5 Å². The molecule has 2 aromatic heterocycles. The number of ether oxygens (including phenoxy) is 1. The van der Waals surface area contributed by atoms with Crippen LogP contribution in [-0.2, 0) is 9.53 Å². The quantitative estimate of drug-likeness (QED) is 0.513. The summed E-state index contributed by atoms with van der Waals surface area (Å²) in [6, 6.07) is 9.03. The molecule has 4 rings (SSSR count). The predicted molar refractivity (Wildman–Crippen MR) is 109 cm³/mol. The highest BCUT2D eigenvalue weighted by atomic mass is 16.5. The lowest BCUT2D eigenvalue weighted by Crippen LogP contribution is -2.37. The molecular weight excluding hydrogens is 384 g/mol. The van der Waals surface area contributed by atoms with Crippen molar-refractivity contribution < 1.29 is 19.4 Å². The Morgan fingerprint density at radius 1 is 1.33 bits per heavy atom. The molecule has 8 heteroatoms. The molecule has 1 aromatic carbocycles. The number of hydrogen-bond donors (Lipinski definition) is 1. The molecule has 1 amide bonds. The number of aromatic nitrogens is 3. The Hall–Kier alpha value is -3.70. The van der Waals surface area contributed by atoms with Crippen LogP contribution >= 0.6 is 0 Å². The minimum absolute atomic E-state index is 0.172. The van der Waals surface area contributed by atoms with Gasteiger partial charge in [0.1, 0.15) is 0 Å². The highest BCUT2D eigenvalue weighted by molar-refractivity contribution is 6.02. The van der Waals surface area contributed by atoms with Gasteiger partial charge < -0.3 is 14.7 Å². The number of likely N-dealkylation sites (N-methyl/N-ethyl adjacent to an activating group) is 1. The molecule has 0 radical (unpaired) electrons. The molecule has 30 heavy (non-hydrogen) atoms. The second-order valence-corrected chi connectivity index (χ2v) is 7.23. The molecule has 1 aliphatic heterocycles. The predicted octanol–water partition coefficient (Wildman–Crippen LogP) is 1.46. The Balaban J connectivity index is 1.78. The zero-order chi connectivity index (χ0) is 21.5. The molecule has 1 saturated heterocycles. The Morgan fingerprint density at radius 3 is 2.83 bits per heavy atom. The number of nitrogens with zero attached hydrogens (tertiary/aromatic N) is 4. The van der Waals surface area contributed by atoms with Crippen LogP contribution in [0.25, 0.3) is 16.6 Å². The van der Waals surface area contributed by atoms with Crippen LogP contribution in [0.5, 0.6) is 0 Å². The molecule has 3 heterocycles. The maximum absolute atomic E-state index is 12.2. The van der Waals surface area contributed by atoms with Gasteiger partial charge in [0, 0.05) is 37.5 Å². The van der Waals surface area contributed by atoms with Crippen molar-refractivity contribution in [2.75, 3.05) is 20.7 Å². The van der Waals surface area contributed by atoms with Crippen LogP contribution in [0.2, 0.25) is 0 Å². The number of benzene rings is 1. The van der Waals surface area contributed by atoms with E-state index < -0.39 is 17.5 Å². The first-order valence-corrected chi connectivity index (χ1v) is 9.37. The van der Waals surface area contributed by atoms with Gasteiger partial charge in [-0.3, -0.25) is 9.78 Å². The summed E-state index contributed by atoms with van der Waals surface area (Å²) in [7, 11) is 2.94. The van der Waals surface area contributed by atoms with E-state index in [1.807, 2.05) is 19.1 Å². The third-order valence-corrected chi connectivity index (χ3v) is 5.09. The van der Waals surface area contributed by atoms with E-state index in [0.29, 0.717) is 28.7 Å². The molecular formula is C22H20N4O4. The number of aliphatic hydroxyl groups is 1. The fraction of sp³-hybridized carbons (Fsp3) is 0.273. The van der Waals surface area contributed by atoms with E-state index in [1.165, 1.54) is 12.0 Å². The molecule has 0 bridgehead atoms. The zero-order valence-corrected chi connectivity index (χ0v) is 16.8. The second-order valence-electron chi connectivity index (χ2n) is 7.23. The van der Waals surface area contributed by atoms with Gasteiger partial charge in [-0.15, -0.1) is 0 Å². The zero-order valence-electron chi connectivity index (χ0n) is 16.8. The molecule has 1 fully saturated rings. The standard InChI is InChI=1S/C22H20N4O4/c1-14-11-18-17(13-23-14)19(20(27)30-3)24-26(18)16-6-4-5-15(12-16)7-8-22(29)9-10-25(2)21(22)28/h4-6,11-13,29H,9-10H2,1-3H3/t22-/m0/s1. The number of rotatable bonds is 2. The van der Waals surface area contributed by atoms with E-state index in [0.717, 1.165) is 5.69 Å². The molecule has 8 nitrogen and oxygen atoms in total. The van der Waals surface area contributed by atoms with E-state index in [9.17, 15) is 14.7 Å². The van der Waals surface area contributed by atoms with Crippen LogP contribution in [0.1, 0.15) is 28.2 Å². The molecule has 1 aliphatic rings. The molecule has 0 aliphatic carbocycles. The summed E-state index contributed by atoms with van der Waals surface area (Å²) in [5, 5.41) is 15.5. The monoisotopic (exact) mass is 404 g/mol. The van der Waals surface area contributed by atoms with Crippen LogP contribution in [0, 0.1) is 18.8 Å². The minimum atomic E-state index is -1.66. The summed E-state index contributed by atoms with van der Waals surface area (Å²) in [6.45, 7) is 2.32. The number of amides is 1. The Bertz CT molecular complexity index is 1240. The molecule has 152 valence electrons. The van der Waals surface area contributed by atoms with Crippen molar-refractivity contribution >= 4 is 22.8 Å². The number of esters is 1. The van der Waals surface area contributed by atoms with Gasteiger partial charge >= 0.3 is 5.97 Å². The third kappa shape index (κ3) is 3.29. The molecule has 0 spiro atoms. The van der Waals surface area contributed by atoms with Crippen molar-refractivity contribution in [3.05, 3.63) is 53.5 Å². The van der Waals surface area contributed by atoms with Gasteiger partial charge in [0.05, 0.1) is 23.7 Å². The lowest BCUT2D eigenvalue weighted by molar-refractivity contribution is -0.137. The van der Waals surface area contributed by atoms with Crippen molar-refractivity contribution in [3.63, 3.8) is 0 Å². The van der Waals surface area contributed by atoms with Crippen LogP contribution in [0.15, 0.2) is 36.5 Å². The van der Waals surface area contributed by atoms with Crippen molar-refractivity contribution in [1.29, 1.82) is 0 Å². The highest BCUT2D eigenvalue weighted by Crippen LogP contribution is 2.24. The van der Waals surface area contributed by atoms with Crippen LogP contribution in [0.3, 0.4) is 0 Å². The van der Waals surface area contributed by atoms with Gasteiger partial charge in [0.25, 0.3) is 5.91 Å². The molecule has 3 aromatic rings. The normalized spacial score (nSPS) is 18.4. The number of aryl methyl sites for hydroxylation is 1. The number of carbonyl (C=O) groups is 2. The van der Waals surface area contributed by atoms with Gasteiger partial charge in [0.2, 0.25) is 5.60 Å². The maximum atomic E-state index is 12.2. The van der Waals surface area contributed by atoms with Gasteiger partial charge in [-0.05, 0) is 31.2 Å². The maximum Gasteiger partial charge on any atom is 0.359 e. The van der Waals surface area contributed by atoms with Crippen molar-refractivity contribution in [2.45, 2.75) is 18.9 Å². The van der Waals surface area contributed by atoms with Crippen molar-refractivity contribution in [1.82, 2.24) is 19.7 Å². The van der Waals surface area contributed by atoms with E-state index in [-0.39, 0.29) is 12.1 Å². The lowest BCUT2D eigenvalue weighted by Gasteiger charge is -2.13. The molecule has 0 unspecified atom stereocenters. The van der Waals surface area contributed by atoms with Gasteiger partial charge in [-0.1, -0.05) is 17.9 Å². The van der Waals surface area contributed by atoms with Crippen molar-refractivity contribution in [3.8, 4) is 17.5 Å². The number of hydrogen-bond acceptors (Lipinski definition) is 6. The van der Waals surface area contributed by atoms with Gasteiger partial charge in [0.15, 0.2) is 5.69 Å². The molecule has 1 atom stereocenters. The van der Waals surface area contributed by atoms with Gasteiger partial charge in [-0.25, -0.2) is 9.48 Å². The average Bonchev–Trinajstić information content (AvgIpc) is 3.25. The fourth-order valence-electron chi connectivity index (χ4n) is 3.42. The Labute approximate surface area is 173 Å². The smallest absolute Gasteiger partial charge is 0.359 e. The molecule has 1 N–H and O–H groups in total. The largest absolute Gasteiger partial charge is 0.464 e. The van der Waals surface area contributed by atoms with Crippen molar-refractivity contribution in [2.24, 2.45) is 0 Å². The third-order valence-electron chi connectivity index (χ3n) is 5.09. The second kappa shape index (κ2) is 7.28. The van der Waals surface area contributed by atoms with E-state index in [2.05, 4.69) is 21.9 Å². The summed E-state index contributed by atoms with van der Waals surface area (Å²) in [5.74, 6) is 4.67. The minimum Gasteiger partial charge on any atom is -0.464 e. The fourth-order valence-corrected chi connectivity index (χ4v) is 3.42. The number of fused-ring (bicyclic) bond motifs is 1. The van der Waals surface area contributed by atoms with Crippen LogP contribution in [0.4, 0.5) is 0 Å². The first-order valence-electron chi connectivity index (χ1n) is 9.37. The van der Waals surface area contributed by atoms with E-state index in [4.69, 9.17) is 4.74 Å². The summed E-state index contributed by atoms with van der Waals surface area (Å²) in [5.41, 5.74) is 1.28. The summed E-state index contributed by atoms with van der Waals surface area (Å²) in [4.78, 5) is 30.0. The number of carbonyl (C=O) groups excluding carboxylic acids is 2. The summed E-state index contributed by atoms with van der Waals surface area (Å²) < 4.78 is 6.47. The summed E-state index contributed by atoms with van der Waals surface area (Å²) >= 11 is 0. The Kier molecular flexibility index (Phi) is 4.76. The number of methoxy groups -OCH3 is 1. The first kappa shape index (κ1) is 19.6. The van der Waals surface area contributed by atoms with E-state index in [1.54, 1.807) is 36.1 Å². The number of likely N-dealkylation sites (tertiary alicyclic amines) is 1. The van der Waals surface area contributed by atoms with Gasteiger partial charge in [-0.2, -0.15) is 5.10 Å². The van der Waals surface area contributed by atoms with Crippen LogP contribution in [-0.4, -0.2) is 63.0 Å². The SMILES string of the molecule is COC(=O)c1nn(-c2cccc(C#C[C@]3(O)CCN(C)C3=O)c2)c2cc(C)ncc12.